The van der Waals surface area contributed by atoms with E-state index in [1.165, 1.54) is 0 Å². The molecule has 3 N–H and O–H groups in total. The molecule has 0 aromatic heterocycles. The Labute approximate surface area is 162 Å². The maximum atomic E-state index is 13.2. The van der Waals surface area contributed by atoms with Gasteiger partial charge in [-0.25, -0.2) is 4.79 Å². The molecule has 0 bridgehead atoms. The molecule has 7 nitrogen and oxygen atoms in total. The van der Waals surface area contributed by atoms with Gasteiger partial charge in [0.25, 0.3) is 0 Å². The van der Waals surface area contributed by atoms with E-state index in [-0.39, 0.29) is 6.03 Å². The SMILES string of the molecule is NOOC(Cc1ccccc1)NC(=O)N1c2ccccc2Oc2ccccc21. The van der Waals surface area contributed by atoms with Crippen LogP contribution in [0.15, 0.2) is 78.9 Å². The van der Waals surface area contributed by atoms with Crippen molar-refractivity contribution >= 4 is 17.4 Å². The molecule has 0 radical (unpaired) electrons. The second-order valence-corrected chi connectivity index (χ2v) is 6.19. The van der Waals surface area contributed by atoms with Crippen LogP contribution in [-0.4, -0.2) is 12.3 Å². The van der Waals surface area contributed by atoms with E-state index >= 15 is 0 Å². The van der Waals surface area contributed by atoms with E-state index in [4.69, 9.17) is 15.5 Å². The Balaban J connectivity index is 1.61. The lowest BCUT2D eigenvalue weighted by Gasteiger charge is -2.32. The Morgan fingerprint density at radius 3 is 2.11 bits per heavy atom. The number of benzene rings is 3. The first-order chi connectivity index (χ1) is 13.8. The topological polar surface area (TPSA) is 86.1 Å². The number of anilines is 2. The summed E-state index contributed by atoms with van der Waals surface area (Å²) in [7, 11) is 0. The number of ether oxygens (including phenoxy) is 1. The first-order valence-electron chi connectivity index (χ1n) is 8.79. The zero-order chi connectivity index (χ0) is 19.3. The number of hydrogen-bond donors (Lipinski definition) is 2. The highest BCUT2D eigenvalue weighted by atomic mass is 17.3. The molecular formula is C21H19N3O4. The average molecular weight is 377 g/mol. The van der Waals surface area contributed by atoms with Crippen molar-refractivity contribution < 1.29 is 19.4 Å². The molecule has 0 aliphatic carbocycles. The van der Waals surface area contributed by atoms with Gasteiger partial charge in [-0.15, -0.1) is 4.99 Å². The van der Waals surface area contributed by atoms with E-state index in [0.717, 1.165) is 5.56 Å². The minimum atomic E-state index is -0.776. The predicted octanol–water partition coefficient (Wildman–Crippen LogP) is 4.03. The zero-order valence-corrected chi connectivity index (χ0v) is 14.9. The number of fused-ring (bicyclic) bond motifs is 2. The number of hydrogen-bond acceptors (Lipinski definition) is 5. The third kappa shape index (κ3) is 3.67. The van der Waals surface area contributed by atoms with E-state index in [9.17, 15) is 4.79 Å². The number of nitrogens with one attached hydrogen (secondary N) is 1. The second kappa shape index (κ2) is 8.10. The van der Waals surface area contributed by atoms with Crippen LogP contribution in [0.1, 0.15) is 5.56 Å². The standard InChI is InChI=1S/C21H19N3O4/c22-28-27-20(14-15-8-2-1-3-9-15)23-21(25)24-16-10-4-6-12-18(16)26-19-13-7-5-11-17(19)24/h1-13,20H,14,22H2,(H,23,25). The van der Waals surface area contributed by atoms with Crippen molar-refractivity contribution in [2.45, 2.75) is 12.6 Å². The molecule has 0 fully saturated rings. The lowest BCUT2D eigenvalue weighted by molar-refractivity contribution is -0.332. The van der Waals surface area contributed by atoms with Crippen LogP contribution in [-0.2, 0) is 16.3 Å². The zero-order valence-electron chi connectivity index (χ0n) is 14.9. The summed E-state index contributed by atoms with van der Waals surface area (Å²) < 4.78 is 5.91. The van der Waals surface area contributed by atoms with E-state index in [1.807, 2.05) is 78.9 Å². The minimum Gasteiger partial charge on any atom is -0.453 e. The summed E-state index contributed by atoms with van der Waals surface area (Å²) >= 11 is 0. The van der Waals surface area contributed by atoms with Crippen molar-refractivity contribution in [2.75, 3.05) is 4.90 Å². The molecule has 0 saturated carbocycles. The summed E-state index contributed by atoms with van der Waals surface area (Å²) in [6.07, 6.45) is -0.390. The fourth-order valence-corrected chi connectivity index (χ4v) is 3.13. The van der Waals surface area contributed by atoms with E-state index < -0.39 is 6.23 Å². The Kier molecular flexibility index (Phi) is 5.20. The van der Waals surface area contributed by atoms with Crippen LogP contribution in [0.3, 0.4) is 0 Å². The average Bonchev–Trinajstić information content (AvgIpc) is 2.72. The number of carbonyl (C=O) groups excluding carboxylic acids is 1. The molecule has 2 amide bonds. The number of carbonyl (C=O) groups is 1. The third-order valence-corrected chi connectivity index (χ3v) is 4.36. The van der Waals surface area contributed by atoms with Gasteiger partial charge in [0, 0.05) is 6.42 Å². The summed E-state index contributed by atoms with van der Waals surface area (Å²) in [5.74, 6) is 6.26. The van der Waals surface area contributed by atoms with Crippen molar-refractivity contribution in [3.63, 3.8) is 0 Å². The maximum Gasteiger partial charge on any atom is 0.328 e. The van der Waals surface area contributed by atoms with Gasteiger partial charge in [-0.2, -0.15) is 10.8 Å². The van der Waals surface area contributed by atoms with Crippen molar-refractivity contribution in [3.8, 4) is 11.5 Å². The van der Waals surface area contributed by atoms with Gasteiger partial charge in [0.05, 0.1) is 11.4 Å². The van der Waals surface area contributed by atoms with Gasteiger partial charge in [-0.3, -0.25) is 4.90 Å². The van der Waals surface area contributed by atoms with Gasteiger partial charge >= 0.3 is 6.03 Å². The second-order valence-electron chi connectivity index (χ2n) is 6.19. The summed E-state index contributed by atoms with van der Waals surface area (Å²) in [6.45, 7) is 0. The van der Waals surface area contributed by atoms with Gasteiger partial charge in [-0.1, -0.05) is 54.6 Å². The molecular weight excluding hydrogens is 358 g/mol. The summed E-state index contributed by atoms with van der Waals surface area (Å²) in [6, 6.07) is 23.9. The van der Waals surface area contributed by atoms with Crippen molar-refractivity contribution in [2.24, 2.45) is 5.90 Å². The lowest BCUT2D eigenvalue weighted by Crippen LogP contribution is -2.46. The molecule has 3 aromatic carbocycles. The molecule has 1 heterocycles. The maximum absolute atomic E-state index is 13.2. The molecule has 1 atom stereocenters. The van der Waals surface area contributed by atoms with Gasteiger partial charge in [0.1, 0.15) is 0 Å². The molecule has 3 aromatic rings. The number of nitrogens with two attached hydrogens (primary N) is 1. The molecule has 28 heavy (non-hydrogen) atoms. The number of para-hydroxylation sites is 4. The Hall–Kier alpha value is -3.39. The first-order valence-corrected chi connectivity index (χ1v) is 8.79. The number of rotatable bonds is 5. The predicted molar refractivity (Wildman–Crippen MR) is 104 cm³/mol. The molecule has 0 spiro atoms. The largest absolute Gasteiger partial charge is 0.453 e. The molecule has 4 rings (SSSR count). The van der Waals surface area contributed by atoms with Crippen molar-refractivity contribution in [3.05, 3.63) is 84.4 Å². The molecule has 1 unspecified atom stereocenters. The monoisotopic (exact) mass is 377 g/mol. The minimum absolute atomic E-state index is 0.386. The highest BCUT2D eigenvalue weighted by Crippen LogP contribution is 2.46. The highest BCUT2D eigenvalue weighted by Gasteiger charge is 2.30. The smallest absolute Gasteiger partial charge is 0.328 e. The van der Waals surface area contributed by atoms with Crippen LogP contribution in [0.5, 0.6) is 11.5 Å². The van der Waals surface area contributed by atoms with E-state index in [0.29, 0.717) is 29.3 Å². The van der Waals surface area contributed by atoms with Crippen LogP contribution in [0.4, 0.5) is 16.2 Å². The van der Waals surface area contributed by atoms with Crippen LogP contribution >= 0.6 is 0 Å². The fourth-order valence-electron chi connectivity index (χ4n) is 3.13. The summed E-state index contributed by atoms with van der Waals surface area (Å²) in [5, 5.41) is 2.82. The first kappa shape index (κ1) is 18.0. The van der Waals surface area contributed by atoms with Crippen molar-refractivity contribution in [1.29, 1.82) is 0 Å². The fraction of sp³-hybridized carbons (Fsp3) is 0.0952. The number of urea groups is 1. The number of amides is 2. The summed E-state index contributed by atoms with van der Waals surface area (Å²) in [4.78, 5) is 24.1. The highest BCUT2D eigenvalue weighted by molar-refractivity contribution is 6.03. The van der Waals surface area contributed by atoms with Crippen LogP contribution in [0.2, 0.25) is 0 Å². The van der Waals surface area contributed by atoms with Gasteiger partial charge in [0.15, 0.2) is 17.7 Å². The third-order valence-electron chi connectivity index (χ3n) is 4.36. The molecule has 0 saturated heterocycles. The molecule has 1 aliphatic heterocycles. The van der Waals surface area contributed by atoms with Crippen LogP contribution in [0.25, 0.3) is 0 Å². The quantitative estimate of drug-likeness (QED) is 0.398. The van der Waals surface area contributed by atoms with Crippen LogP contribution < -0.4 is 20.9 Å². The molecule has 7 heteroatoms. The Morgan fingerprint density at radius 2 is 1.50 bits per heavy atom. The van der Waals surface area contributed by atoms with E-state index in [1.54, 1.807) is 4.90 Å². The van der Waals surface area contributed by atoms with Gasteiger partial charge < -0.3 is 10.1 Å². The van der Waals surface area contributed by atoms with Gasteiger partial charge in [0.2, 0.25) is 0 Å². The molecule has 142 valence electrons. The normalized spacial score (nSPS) is 13.1. The molecule has 1 aliphatic rings. The Morgan fingerprint density at radius 1 is 0.929 bits per heavy atom. The van der Waals surface area contributed by atoms with Gasteiger partial charge in [-0.05, 0) is 29.8 Å². The van der Waals surface area contributed by atoms with Crippen LogP contribution in [0, 0.1) is 0 Å². The number of nitrogens with zero attached hydrogens (tertiary/aromatic N) is 1. The lowest BCUT2D eigenvalue weighted by atomic mass is 10.1. The van der Waals surface area contributed by atoms with E-state index in [2.05, 4.69) is 10.3 Å². The van der Waals surface area contributed by atoms with Crippen molar-refractivity contribution in [1.82, 2.24) is 5.32 Å². The summed E-state index contributed by atoms with van der Waals surface area (Å²) in [5.41, 5.74) is 2.23. The Bertz CT molecular complexity index is 919.